The summed E-state index contributed by atoms with van der Waals surface area (Å²) in [7, 11) is 2.26. The molecule has 0 bridgehead atoms. The van der Waals surface area contributed by atoms with Gasteiger partial charge < -0.3 is 10.6 Å². The lowest BCUT2D eigenvalue weighted by atomic mass is 9.85. The fraction of sp³-hybridized carbons (Fsp3) is 0.750. The van der Waals surface area contributed by atoms with Crippen LogP contribution in [0.25, 0.3) is 0 Å². The number of thiophene rings is 1. The molecule has 2 N–H and O–H groups in total. The largest absolute Gasteiger partial charge is 0.329 e. The van der Waals surface area contributed by atoms with E-state index in [0.29, 0.717) is 6.04 Å². The van der Waals surface area contributed by atoms with Gasteiger partial charge in [-0.15, -0.1) is 11.3 Å². The minimum absolute atomic E-state index is 0.211. The average molecular weight is 295 g/mol. The predicted octanol–water partition coefficient (Wildman–Crippen LogP) is 2.42. The summed E-state index contributed by atoms with van der Waals surface area (Å²) in [6.45, 7) is 8.82. The second-order valence-electron chi connectivity index (χ2n) is 6.31. The van der Waals surface area contributed by atoms with E-state index in [1.165, 1.54) is 30.8 Å². The summed E-state index contributed by atoms with van der Waals surface area (Å²) in [5, 5.41) is 2.16. The van der Waals surface area contributed by atoms with E-state index in [0.717, 1.165) is 19.5 Å². The van der Waals surface area contributed by atoms with Crippen LogP contribution in [0.1, 0.15) is 31.6 Å². The first kappa shape index (κ1) is 16.0. The van der Waals surface area contributed by atoms with Crippen LogP contribution in [0.2, 0.25) is 0 Å². The molecule has 1 aliphatic rings. The molecule has 1 aromatic heterocycles. The van der Waals surface area contributed by atoms with Crippen LogP contribution in [-0.4, -0.2) is 54.6 Å². The van der Waals surface area contributed by atoms with Crippen LogP contribution in [0.15, 0.2) is 17.5 Å². The van der Waals surface area contributed by atoms with Crippen LogP contribution < -0.4 is 5.73 Å². The molecule has 0 unspecified atom stereocenters. The van der Waals surface area contributed by atoms with Gasteiger partial charge in [0.05, 0.1) is 0 Å². The Balaban J connectivity index is 1.90. The lowest BCUT2D eigenvalue weighted by molar-refractivity contribution is 0.0353. The lowest BCUT2D eigenvalue weighted by Gasteiger charge is -2.48. The number of likely N-dealkylation sites (tertiary alicyclic amines) is 1. The third-order valence-corrected chi connectivity index (χ3v) is 5.86. The molecule has 1 aliphatic heterocycles. The lowest BCUT2D eigenvalue weighted by Crippen LogP contribution is -2.59. The summed E-state index contributed by atoms with van der Waals surface area (Å²) >= 11 is 1.86. The molecular weight excluding hydrogens is 266 g/mol. The average Bonchev–Trinajstić information content (AvgIpc) is 2.98. The highest BCUT2D eigenvalue weighted by molar-refractivity contribution is 7.09. The SMILES string of the molecule is CC(C)N1CCC(CN)(N(C)CCc2cccs2)CC1. The van der Waals surface area contributed by atoms with Gasteiger partial charge in [-0.1, -0.05) is 6.07 Å². The first-order valence-electron chi connectivity index (χ1n) is 7.75. The van der Waals surface area contributed by atoms with E-state index in [1.54, 1.807) is 0 Å². The fourth-order valence-corrected chi connectivity index (χ4v) is 3.87. The molecule has 0 spiro atoms. The van der Waals surface area contributed by atoms with Gasteiger partial charge in [0.15, 0.2) is 0 Å². The van der Waals surface area contributed by atoms with E-state index in [9.17, 15) is 0 Å². The van der Waals surface area contributed by atoms with Crippen molar-refractivity contribution in [3.63, 3.8) is 0 Å². The molecule has 3 nitrogen and oxygen atoms in total. The smallest absolute Gasteiger partial charge is 0.0353 e. The first-order chi connectivity index (χ1) is 9.57. The van der Waals surface area contributed by atoms with E-state index in [-0.39, 0.29) is 5.54 Å². The van der Waals surface area contributed by atoms with E-state index in [1.807, 2.05) is 11.3 Å². The van der Waals surface area contributed by atoms with Crippen molar-refractivity contribution in [1.29, 1.82) is 0 Å². The molecule has 0 saturated carbocycles. The molecule has 0 radical (unpaired) electrons. The summed E-state index contributed by atoms with van der Waals surface area (Å²) in [5.41, 5.74) is 6.36. The van der Waals surface area contributed by atoms with E-state index in [2.05, 4.69) is 48.2 Å². The maximum atomic E-state index is 6.15. The fourth-order valence-electron chi connectivity index (χ4n) is 3.17. The Morgan fingerprint density at radius 3 is 2.60 bits per heavy atom. The quantitative estimate of drug-likeness (QED) is 0.875. The number of nitrogens with two attached hydrogens (primary N) is 1. The Morgan fingerprint density at radius 2 is 2.10 bits per heavy atom. The molecule has 1 aromatic rings. The highest BCUT2D eigenvalue weighted by atomic mass is 32.1. The molecule has 0 amide bonds. The zero-order valence-corrected chi connectivity index (χ0v) is 14.0. The maximum absolute atomic E-state index is 6.15. The first-order valence-corrected chi connectivity index (χ1v) is 8.63. The van der Waals surface area contributed by atoms with Gasteiger partial charge in [0.25, 0.3) is 0 Å². The Morgan fingerprint density at radius 1 is 1.40 bits per heavy atom. The minimum atomic E-state index is 0.211. The summed E-state index contributed by atoms with van der Waals surface area (Å²) < 4.78 is 0. The van der Waals surface area contributed by atoms with Crippen molar-refractivity contribution in [2.45, 2.75) is 44.7 Å². The topological polar surface area (TPSA) is 32.5 Å². The molecule has 2 heterocycles. The molecule has 20 heavy (non-hydrogen) atoms. The molecule has 0 aromatic carbocycles. The van der Waals surface area contributed by atoms with Gasteiger partial charge in [-0.25, -0.2) is 0 Å². The van der Waals surface area contributed by atoms with Crippen molar-refractivity contribution in [1.82, 2.24) is 9.80 Å². The Labute approximate surface area is 127 Å². The molecule has 1 fully saturated rings. The minimum Gasteiger partial charge on any atom is -0.329 e. The van der Waals surface area contributed by atoms with Gasteiger partial charge in [0, 0.05) is 42.6 Å². The van der Waals surface area contributed by atoms with E-state index < -0.39 is 0 Å². The zero-order chi connectivity index (χ0) is 14.6. The molecule has 0 atom stereocenters. The van der Waals surface area contributed by atoms with Crippen LogP contribution in [0.4, 0.5) is 0 Å². The highest BCUT2D eigenvalue weighted by Crippen LogP contribution is 2.28. The van der Waals surface area contributed by atoms with Gasteiger partial charge in [-0.05, 0) is 51.6 Å². The van der Waals surface area contributed by atoms with Crippen molar-refractivity contribution < 1.29 is 0 Å². The van der Waals surface area contributed by atoms with Crippen LogP contribution in [0.5, 0.6) is 0 Å². The number of rotatable bonds is 6. The van der Waals surface area contributed by atoms with Gasteiger partial charge in [-0.3, -0.25) is 4.90 Å². The normalized spacial score (nSPS) is 19.9. The number of nitrogens with zero attached hydrogens (tertiary/aromatic N) is 2. The van der Waals surface area contributed by atoms with Crippen LogP contribution in [-0.2, 0) is 6.42 Å². The Kier molecular flexibility index (Phi) is 5.61. The summed E-state index contributed by atoms with van der Waals surface area (Å²) in [4.78, 5) is 6.56. The van der Waals surface area contributed by atoms with Gasteiger partial charge in [-0.2, -0.15) is 0 Å². The van der Waals surface area contributed by atoms with Crippen molar-refractivity contribution in [3.8, 4) is 0 Å². The number of hydrogen-bond donors (Lipinski definition) is 1. The predicted molar refractivity (Wildman–Crippen MR) is 88.4 cm³/mol. The maximum Gasteiger partial charge on any atom is 0.0353 e. The van der Waals surface area contributed by atoms with Crippen molar-refractivity contribution in [2.75, 3.05) is 33.2 Å². The zero-order valence-electron chi connectivity index (χ0n) is 13.1. The van der Waals surface area contributed by atoms with Crippen LogP contribution in [0.3, 0.4) is 0 Å². The highest BCUT2D eigenvalue weighted by Gasteiger charge is 2.37. The molecule has 0 aliphatic carbocycles. The third-order valence-electron chi connectivity index (χ3n) is 4.92. The van der Waals surface area contributed by atoms with Gasteiger partial charge in [0.2, 0.25) is 0 Å². The molecule has 2 rings (SSSR count). The van der Waals surface area contributed by atoms with Crippen molar-refractivity contribution in [3.05, 3.63) is 22.4 Å². The number of piperidine rings is 1. The van der Waals surface area contributed by atoms with Crippen LogP contribution >= 0.6 is 11.3 Å². The summed E-state index contributed by atoms with van der Waals surface area (Å²) in [6.07, 6.45) is 3.54. The molecule has 114 valence electrons. The summed E-state index contributed by atoms with van der Waals surface area (Å²) in [6, 6.07) is 5.02. The Hall–Kier alpha value is -0.420. The molecular formula is C16H29N3S. The molecule has 4 heteroatoms. The van der Waals surface area contributed by atoms with Crippen molar-refractivity contribution in [2.24, 2.45) is 5.73 Å². The van der Waals surface area contributed by atoms with E-state index >= 15 is 0 Å². The van der Waals surface area contributed by atoms with Gasteiger partial charge in [0.1, 0.15) is 0 Å². The molecule has 1 saturated heterocycles. The Bertz CT molecular complexity index is 380. The second kappa shape index (κ2) is 7.03. The van der Waals surface area contributed by atoms with Crippen LogP contribution in [0, 0.1) is 0 Å². The standard InChI is InChI=1S/C16H29N3S/c1-14(2)19-10-7-16(13-17,8-11-19)18(3)9-6-15-5-4-12-20-15/h4-5,12,14H,6-11,13,17H2,1-3H3. The van der Waals surface area contributed by atoms with Crippen molar-refractivity contribution >= 4 is 11.3 Å². The summed E-state index contributed by atoms with van der Waals surface area (Å²) in [5.74, 6) is 0. The monoisotopic (exact) mass is 295 g/mol. The van der Waals surface area contributed by atoms with E-state index in [4.69, 9.17) is 5.73 Å². The number of likely N-dealkylation sites (N-methyl/N-ethyl adjacent to an activating group) is 1. The third kappa shape index (κ3) is 3.61. The second-order valence-corrected chi connectivity index (χ2v) is 7.34. The van der Waals surface area contributed by atoms with Gasteiger partial charge >= 0.3 is 0 Å². The number of hydrogen-bond acceptors (Lipinski definition) is 4.